The lowest BCUT2D eigenvalue weighted by Gasteiger charge is -2.19. The van der Waals surface area contributed by atoms with Crippen molar-refractivity contribution in [3.63, 3.8) is 0 Å². The number of nitrogens with zero attached hydrogens (tertiary/aromatic N) is 1. The van der Waals surface area contributed by atoms with Crippen molar-refractivity contribution in [2.45, 2.75) is 19.1 Å². The molecular formula is C14H15BrN2O3. The van der Waals surface area contributed by atoms with Crippen molar-refractivity contribution < 1.29 is 14.6 Å². The Balaban J connectivity index is 2.42. The third-order valence-electron chi connectivity index (χ3n) is 2.97. The third-order valence-corrected chi connectivity index (χ3v) is 3.66. The zero-order valence-electron chi connectivity index (χ0n) is 10.9. The maximum absolute atomic E-state index is 11.6. The number of aliphatic hydroxyl groups is 1. The Bertz CT molecular complexity index is 633. The van der Waals surface area contributed by atoms with Gasteiger partial charge < -0.3 is 15.6 Å². The van der Waals surface area contributed by atoms with E-state index in [2.05, 4.69) is 20.9 Å². The molecule has 106 valence electrons. The van der Waals surface area contributed by atoms with E-state index in [1.165, 1.54) is 0 Å². The standard InChI is InChI=1S/C14H15BrN2O3/c1-2-20-14(19)11(16)13(18)9-5-6-10(15)8-4-3-7-17-12(8)9/h3-7,11,13,18H,2,16H2,1H3. The average molecular weight is 339 g/mol. The molecule has 1 heterocycles. The Hall–Kier alpha value is -1.50. The van der Waals surface area contributed by atoms with Gasteiger partial charge in [0.1, 0.15) is 12.1 Å². The number of ether oxygens (including phenoxy) is 1. The van der Waals surface area contributed by atoms with Crippen LogP contribution in [-0.4, -0.2) is 28.7 Å². The summed E-state index contributed by atoms with van der Waals surface area (Å²) in [5, 5.41) is 11.1. The van der Waals surface area contributed by atoms with E-state index in [1.54, 1.807) is 31.3 Å². The van der Waals surface area contributed by atoms with Crippen molar-refractivity contribution >= 4 is 32.8 Å². The molecule has 0 aliphatic rings. The highest BCUT2D eigenvalue weighted by atomic mass is 79.9. The zero-order valence-corrected chi connectivity index (χ0v) is 12.5. The van der Waals surface area contributed by atoms with Crippen LogP contribution in [0.4, 0.5) is 0 Å². The zero-order chi connectivity index (χ0) is 14.7. The first-order valence-corrected chi connectivity index (χ1v) is 6.99. The number of aromatic nitrogens is 1. The molecule has 2 atom stereocenters. The second-order valence-electron chi connectivity index (χ2n) is 4.26. The Kier molecular flexibility index (Phi) is 4.69. The van der Waals surface area contributed by atoms with Crippen molar-refractivity contribution in [2.24, 2.45) is 5.73 Å². The lowest BCUT2D eigenvalue weighted by molar-refractivity contribution is -0.147. The number of aliphatic hydroxyl groups excluding tert-OH is 1. The number of nitrogens with two attached hydrogens (primary N) is 1. The van der Waals surface area contributed by atoms with E-state index in [-0.39, 0.29) is 6.61 Å². The molecule has 0 saturated heterocycles. The molecule has 0 amide bonds. The van der Waals surface area contributed by atoms with Gasteiger partial charge >= 0.3 is 5.97 Å². The van der Waals surface area contributed by atoms with Gasteiger partial charge in [0, 0.05) is 21.6 Å². The topological polar surface area (TPSA) is 85.4 Å². The highest BCUT2D eigenvalue weighted by molar-refractivity contribution is 9.10. The molecule has 2 aromatic rings. The fraction of sp³-hybridized carbons (Fsp3) is 0.286. The number of carbonyl (C=O) groups is 1. The summed E-state index contributed by atoms with van der Waals surface area (Å²) in [5.41, 5.74) is 6.85. The normalized spacial score (nSPS) is 14.0. The maximum Gasteiger partial charge on any atom is 0.325 e. The van der Waals surface area contributed by atoms with Crippen LogP contribution >= 0.6 is 15.9 Å². The Labute approximate surface area is 124 Å². The molecular weight excluding hydrogens is 324 g/mol. The molecule has 0 spiro atoms. The summed E-state index contributed by atoms with van der Waals surface area (Å²) in [7, 11) is 0. The number of hydrogen-bond donors (Lipinski definition) is 2. The number of pyridine rings is 1. The van der Waals surface area contributed by atoms with E-state index in [9.17, 15) is 9.90 Å². The Morgan fingerprint density at radius 3 is 2.95 bits per heavy atom. The number of fused-ring (bicyclic) bond motifs is 1. The predicted octanol–water partition coefficient (Wildman–Crippen LogP) is 1.92. The largest absolute Gasteiger partial charge is 0.465 e. The first-order chi connectivity index (χ1) is 9.56. The SMILES string of the molecule is CCOC(=O)C(N)C(O)c1ccc(Br)c2cccnc12. The van der Waals surface area contributed by atoms with Gasteiger partial charge in [0.05, 0.1) is 12.1 Å². The Morgan fingerprint density at radius 1 is 1.50 bits per heavy atom. The molecule has 1 aromatic heterocycles. The minimum absolute atomic E-state index is 0.221. The average Bonchev–Trinajstić information content (AvgIpc) is 2.47. The number of esters is 1. The molecule has 2 unspecified atom stereocenters. The van der Waals surface area contributed by atoms with Gasteiger partial charge in [-0.3, -0.25) is 9.78 Å². The van der Waals surface area contributed by atoms with Crippen LogP contribution in [0.5, 0.6) is 0 Å². The molecule has 0 radical (unpaired) electrons. The molecule has 3 N–H and O–H groups in total. The van der Waals surface area contributed by atoms with Crippen LogP contribution in [0.15, 0.2) is 34.9 Å². The van der Waals surface area contributed by atoms with Crippen LogP contribution in [0.1, 0.15) is 18.6 Å². The van der Waals surface area contributed by atoms with E-state index >= 15 is 0 Å². The van der Waals surface area contributed by atoms with Gasteiger partial charge in [-0.25, -0.2) is 0 Å². The van der Waals surface area contributed by atoms with Crippen LogP contribution in [0, 0.1) is 0 Å². The van der Waals surface area contributed by atoms with E-state index < -0.39 is 18.1 Å². The molecule has 0 aliphatic carbocycles. The van der Waals surface area contributed by atoms with Gasteiger partial charge in [-0.2, -0.15) is 0 Å². The van der Waals surface area contributed by atoms with E-state index in [1.807, 2.05) is 6.07 Å². The molecule has 0 aliphatic heterocycles. The second kappa shape index (κ2) is 6.30. The van der Waals surface area contributed by atoms with Crippen molar-refractivity contribution in [3.8, 4) is 0 Å². The molecule has 20 heavy (non-hydrogen) atoms. The van der Waals surface area contributed by atoms with Gasteiger partial charge in [-0.15, -0.1) is 0 Å². The number of halogens is 1. The molecule has 1 aromatic carbocycles. The lowest BCUT2D eigenvalue weighted by atomic mass is 10.00. The fourth-order valence-electron chi connectivity index (χ4n) is 1.96. The quantitative estimate of drug-likeness (QED) is 0.832. The summed E-state index contributed by atoms with van der Waals surface area (Å²) in [4.78, 5) is 15.9. The van der Waals surface area contributed by atoms with Crippen molar-refractivity contribution in [1.29, 1.82) is 0 Å². The van der Waals surface area contributed by atoms with Crippen LogP contribution < -0.4 is 5.73 Å². The van der Waals surface area contributed by atoms with E-state index in [4.69, 9.17) is 10.5 Å². The van der Waals surface area contributed by atoms with Gasteiger partial charge in [0.25, 0.3) is 0 Å². The first-order valence-electron chi connectivity index (χ1n) is 6.19. The molecule has 2 rings (SSSR count). The highest BCUT2D eigenvalue weighted by Gasteiger charge is 2.27. The summed E-state index contributed by atoms with van der Waals surface area (Å²) in [5.74, 6) is -0.632. The smallest absolute Gasteiger partial charge is 0.325 e. The molecule has 5 nitrogen and oxygen atoms in total. The lowest BCUT2D eigenvalue weighted by Crippen LogP contribution is -2.38. The minimum atomic E-state index is -1.17. The second-order valence-corrected chi connectivity index (χ2v) is 5.11. The molecule has 0 saturated carbocycles. The monoisotopic (exact) mass is 338 g/mol. The number of carbonyl (C=O) groups excluding carboxylic acids is 1. The van der Waals surface area contributed by atoms with Gasteiger partial charge in [0.2, 0.25) is 0 Å². The molecule has 0 bridgehead atoms. The first kappa shape index (κ1) is 14.9. The van der Waals surface area contributed by atoms with Crippen molar-refractivity contribution in [1.82, 2.24) is 4.98 Å². The summed E-state index contributed by atoms with van der Waals surface area (Å²) in [6.45, 7) is 1.91. The predicted molar refractivity (Wildman–Crippen MR) is 79.0 cm³/mol. The molecule has 6 heteroatoms. The van der Waals surface area contributed by atoms with Crippen molar-refractivity contribution in [3.05, 3.63) is 40.5 Å². The van der Waals surface area contributed by atoms with Crippen LogP contribution in [0.25, 0.3) is 10.9 Å². The van der Waals surface area contributed by atoms with Crippen molar-refractivity contribution in [2.75, 3.05) is 6.61 Å². The van der Waals surface area contributed by atoms with Gasteiger partial charge in [-0.05, 0) is 19.1 Å². The minimum Gasteiger partial charge on any atom is -0.465 e. The third kappa shape index (κ3) is 2.82. The Morgan fingerprint density at radius 2 is 2.25 bits per heavy atom. The summed E-state index contributed by atoms with van der Waals surface area (Å²) >= 11 is 3.43. The summed E-state index contributed by atoms with van der Waals surface area (Å²) < 4.78 is 5.69. The van der Waals surface area contributed by atoms with Gasteiger partial charge in [0.15, 0.2) is 0 Å². The fourth-order valence-corrected chi connectivity index (χ4v) is 2.41. The van der Waals surface area contributed by atoms with Crippen LogP contribution in [0.3, 0.4) is 0 Å². The summed E-state index contributed by atoms with van der Waals surface area (Å²) in [6, 6.07) is 6.03. The molecule has 0 fully saturated rings. The number of benzene rings is 1. The highest BCUT2D eigenvalue weighted by Crippen LogP contribution is 2.29. The van der Waals surface area contributed by atoms with E-state index in [0.29, 0.717) is 11.1 Å². The van der Waals surface area contributed by atoms with E-state index in [0.717, 1.165) is 9.86 Å². The summed E-state index contributed by atoms with van der Waals surface area (Å²) in [6.07, 6.45) is 0.459. The van der Waals surface area contributed by atoms with Crippen LogP contribution in [0.2, 0.25) is 0 Å². The van der Waals surface area contributed by atoms with Crippen LogP contribution in [-0.2, 0) is 9.53 Å². The van der Waals surface area contributed by atoms with Gasteiger partial charge in [-0.1, -0.05) is 28.1 Å². The number of hydrogen-bond acceptors (Lipinski definition) is 5. The number of rotatable bonds is 4. The maximum atomic E-state index is 11.6.